The van der Waals surface area contributed by atoms with Crippen molar-refractivity contribution in [2.75, 3.05) is 0 Å². The summed E-state index contributed by atoms with van der Waals surface area (Å²) in [4.78, 5) is 0. The molecule has 0 spiro atoms. The first kappa shape index (κ1) is 15.7. The van der Waals surface area contributed by atoms with Crippen molar-refractivity contribution in [3.63, 3.8) is 0 Å². The fraction of sp³-hybridized carbons (Fsp3) is 0.857. The van der Waals surface area contributed by atoms with Crippen molar-refractivity contribution in [1.82, 2.24) is 0 Å². The standard InChI is InChI=1S/2C7H13.W/c2*1-7-5-3-2-4-6-7;/h2*2,7H,3-6H2,1H3;/q2*-1;+2. The zero-order chi connectivity index (χ0) is 10.2. The maximum absolute atomic E-state index is 2.40. The first-order valence-electron chi connectivity index (χ1n) is 6.42. The third-order valence-electron chi connectivity index (χ3n) is 3.45. The molecule has 0 amide bonds. The first-order valence-corrected chi connectivity index (χ1v) is 6.42. The molecule has 0 bridgehead atoms. The van der Waals surface area contributed by atoms with Gasteiger partial charge in [0.2, 0.25) is 0 Å². The maximum Gasteiger partial charge on any atom is 2.00 e. The van der Waals surface area contributed by atoms with Gasteiger partial charge in [0.15, 0.2) is 0 Å². The smallest absolute Gasteiger partial charge is 0.328 e. The van der Waals surface area contributed by atoms with Gasteiger partial charge in [0.25, 0.3) is 0 Å². The Labute approximate surface area is 111 Å². The van der Waals surface area contributed by atoms with Gasteiger partial charge in [-0.3, -0.25) is 0 Å². The van der Waals surface area contributed by atoms with Crippen LogP contribution >= 0.6 is 0 Å². The molecule has 15 heavy (non-hydrogen) atoms. The Morgan fingerprint density at radius 1 is 0.667 bits per heavy atom. The van der Waals surface area contributed by atoms with Gasteiger partial charge < -0.3 is 12.8 Å². The molecule has 2 fully saturated rings. The van der Waals surface area contributed by atoms with Gasteiger partial charge in [-0.25, -0.2) is 0 Å². The molecule has 0 unspecified atom stereocenters. The van der Waals surface area contributed by atoms with Crippen LogP contribution in [0, 0.1) is 24.7 Å². The quantitative estimate of drug-likeness (QED) is 0.532. The van der Waals surface area contributed by atoms with Crippen molar-refractivity contribution >= 4 is 0 Å². The van der Waals surface area contributed by atoms with Crippen LogP contribution < -0.4 is 0 Å². The van der Waals surface area contributed by atoms with Gasteiger partial charge in [-0.15, -0.1) is 0 Å². The zero-order valence-electron chi connectivity index (χ0n) is 10.4. The van der Waals surface area contributed by atoms with Crippen LogP contribution in [0.2, 0.25) is 0 Å². The van der Waals surface area contributed by atoms with Crippen molar-refractivity contribution in [1.29, 1.82) is 0 Å². The van der Waals surface area contributed by atoms with Crippen LogP contribution in [0.4, 0.5) is 0 Å². The Bertz CT molecular complexity index is 105. The predicted molar refractivity (Wildman–Crippen MR) is 63.9 cm³/mol. The Hall–Kier alpha value is 0.688. The molecule has 0 aromatic rings. The van der Waals surface area contributed by atoms with E-state index in [9.17, 15) is 0 Å². The minimum absolute atomic E-state index is 0. The normalized spacial score (nSPS) is 23.6. The van der Waals surface area contributed by atoms with E-state index >= 15 is 0 Å². The molecule has 88 valence electrons. The second-order valence-corrected chi connectivity index (χ2v) is 5.10. The molecule has 0 saturated heterocycles. The van der Waals surface area contributed by atoms with Crippen LogP contribution in [0.15, 0.2) is 0 Å². The summed E-state index contributed by atoms with van der Waals surface area (Å²) < 4.78 is 0. The fourth-order valence-corrected chi connectivity index (χ4v) is 2.19. The van der Waals surface area contributed by atoms with E-state index < -0.39 is 0 Å². The van der Waals surface area contributed by atoms with E-state index in [4.69, 9.17) is 0 Å². The average molecular weight is 378 g/mol. The van der Waals surface area contributed by atoms with Gasteiger partial charge in [-0.05, 0) is 11.8 Å². The Kier molecular flexibility index (Phi) is 10.3. The van der Waals surface area contributed by atoms with Crippen molar-refractivity contribution in [2.24, 2.45) is 11.8 Å². The molecule has 0 N–H and O–H groups in total. The summed E-state index contributed by atoms with van der Waals surface area (Å²) in [6.45, 7) is 4.68. The average Bonchev–Trinajstić information content (AvgIpc) is 2.21. The number of rotatable bonds is 0. The molecule has 0 aliphatic heterocycles. The van der Waals surface area contributed by atoms with Crippen LogP contribution in [0.5, 0.6) is 0 Å². The first-order chi connectivity index (χ1) is 6.79. The third-order valence-corrected chi connectivity index (χ3v) is 3.45. The van der Waals surface area contributed by atoms with Crippen LogP contribution in [0.1, 0.15) is 65.2 Å². The van der Waals surface area contributed by atoms with Crippen molar-refractivity contribution in [3.05, 3.63) is 12.8 Å². The van der Waals surface area contributed by atoms with E-state index in [1.807, 2.05) is 0 Å². The SMILES string of the molecule is CC1CC[CH-]CC1.CC1CC[CH-]CC1.[W+2]. The van der Waals surface area contributed by atoms with E-state index in [2.05, 4.69) is 26.7 Å². The summed E-state index contributed by atoms with van der Waals surface area (Å²) in [5.41, 5.74) is 0. The third kappa shape index (κ3) is 8.49. The molecule has 2 aliphatic rings. The molecule has 1 heteroatoms. The van der Waals surface area contributed by atoms with Crippen molar-refractivity contribution in [2.45, 2.75) is 65.2 Å². The fourth-order valence-electron chi connectivity index (χ4n) is 2.19. The summed E-state index contributed by atoms with van der Waals surface area (Å²) in [5, 5.41) is 0. The zero-order valence-corrected chi connectivity index (χ0v) is 13.3. The van der Waals surface area contributed by atoms with Crippen molar-refractivity contribution in [3.8, 4) is 0 Å². The minimum atomic E-state index is 0. The van der Waals surface area contributed by atoms with E-state index in [-0.39, 0.29) is 21.1 Å². The monoisotopic (exact) mass is 378 g/mol. The van der Waals surface area contributed by atoms with E-state index in [1.54, 1.807) is 0 Å². The van der Waals surface area contributed by atoms with E-state index in [0.29, 0.717) is 0 Å². The molecule has 0 atom stereocenters. The molecule has 0 radical (unpaired) electrons. The number of hydrogen-bond acceptors (Lipinski definition) is 0. The Morgan fingerprint density at radius 2 is 0.933 bits per heavy atom. The molecular weight excluding hydrogens is 352 g/mol. The molecule has 0 nitrogen and oxygen atoms in total. The Balaban J connectivity index is 0.000000245. The van der Waals surface area contributed by atoms with Crippen LogP contribution in [-0.4, -0.2) is 0 Å². The topological polar surface area (TPSA) is 0 Å². The minimum Gasteiger partial charge on any atom is -0.328 e. The summed E-state index contributed by atoms with van der Waals surface area (Å²) in [6, 6.07) is 0. The van der Waals surface area contributed by atoms with Gasteiger partial charge in [0, 0.05) is 0 Å². The molecular formula is C14H26W. The van der Waals surface area contributed by atoms with E-state index in [0.717, 1.165) is 11.8 Å². The Morgan fingerprint density at radius 3 is 1.07 bits per heavy atom. The molecule has 0 aromatic carbocycles. The van der Waals surface area contributed by atoms with Crippen LogP contribution in [-0.2, 0) is 21.1 Å². The summed E-state index contributed by atoms with van der Waals surface area (Å²) >= 11 is 0. The molecule has 2 aliphatic carbocycles. The summed E-state index contributed by atoms with van der Waals surface area (Å²) in [6.07, 6.45) is 16.0. The second-order valence-electron chi connectivity index (χ2n) is 5.10. The summed E-state index contributed by atoms with van der Waals surface area (Å²) in [5.74, 6) is 2.01. The van der Waals surface area contributed by atoms with Gasteiger partial charge in [0.1, 0.15) is 0 Å². The maximum atomic E-state index is 2.40. The molecule has 0 heterocycles. The predicted octanol–water partition coefficient (Wildman–Crippen LogP) is 4.80. The second kappa shape index (κ2) is 9.88. The van der Waals surface area contributed by atoms with Gasteiger partial charge in [-0.2, -0.15) is 25.7 Å². The van der Waals surface area contributed by atoms with Crippen molar-refractivity contribution < 1.29 is 21.1 Å². The number of hydrogen-bond donors (Lipinski definition) is 0. The molecule has 2 saturated carbocycles. The van der Waals surface area contributed by atoms with Gasteiger partial charge >= 0.3 is 21.1 Å². The van der Waals surface area contributed by atoms with Gasteiger partial charge in [0.05, 0.1) is 0 Å². The van der Waals surface area contributed by atoms with Crippen LogP contribution in [0.3, 0.4) is 0 Å². The molecule has 2 rings (SSSR count). The largest absolute Gasteiger partial charge is 2.00 e. The molecule has 0 aromatic heterocycles. The summed E-state index contributed by atoms with van der Waals surface area (Å²) in [7, 11) is 0. The van der Waals surface area contributed by atoms with E-state index in [1.165, 1.54) is 51.4 Å². The van der Waals surface area contributed by atoms with Gasteiger partial charge in [-0.1, -0.05) is 39.5 Å². The van der Waals surface area contributed by atoms with Crippen LogP contribution in [0.25, 0.3) is 0 Å².